The van der Waals surface area contributed by atoms with Crippen molar-refractivity contribution < 1.29 is 13.2 Å². The Hall–Kier alpha value is -1.94. The predicted molar refractivity (Wildman–Crippen MR) is 123 cm³/mol. The summed E-state index contributed by atoms with van der Waals surface area (Å²) in [5.74, 6) is -0.312. The van der Waals surface area contributed by atoms with Gasteiger partial charge < -0.3 is 0 Å². The van der Waals surface area contributed by atoms with Gasteiger partial charge in [-0.1, -0.05) is 30.2 Å². The van der Waals surface area contributed by atoms with E-state index in [9.17, 15) is 13.2 Å². The maximum Gasteiger partial charge on any atom is 0.257 e. The van der Waals surface area contributed by atoms with Crippen LogP contribution in [0.15, 0.2) is 52.3 Å². The highest BCUT2D eigenvalue weighted by molar-refractivity contribution is 7.98. The molecule has 3 aromatic rings. The minimum absolute atomic E-state index is 0.0585. The highest BCUT2D eigenvalue weighted by atomic mass is 32.2. The van der Waals surface area contributed by atoms with Crippen molar-refractivity contribution in [2.45, 2.75) is 41.5 Å². The van der Waals surface area contributed by atoms with Crippen LogP contribution in [0, 0.1) is 0 Å². The van der Waals surface area contributed by atoms with Crippen molar-refractivity contribution in [2.24, 2.45) is 0 Å². The van der Waals surface area contributed by atoms with Crippen molar-refractivity contribution >= 4 is 54.4 Å². The number of thiazole rings is 1. The molecule has 4 rings (SSSR count). The van der Waals surface area contributed by atoms with E-state index in [1.807, 2.05) is 24.5 Å². The number of fused-ring (bicyclic) bond motifs is 1. The van der Waals surface area contributed by atoms with Gasteiger partial charge in [-0.25, -0.2) is 13.4 Å². The van der Waals surface area contributed by atoms with E-state index in [0.29, 0.717) is 10.7 Å². The van der Waals surface area contributed by atoms with E-state index in [-0.39, 0.29) is 16.8 Å². The second-order valence-electron chi connectivity index (χ2n) is 7.26. The lowest BCUT2D eigenvalue weighted by molar-refractivity contribution is 0.102. The minimum Gasteiger partial charge on any atom is -0.298 e. The van der Waals surface area contributed by atoms with E-state index in [1.165, 1.54) is 27.8 Å². The summed E-state index contributed by atoms with van der Waals surface area (Å²) in [5, 5.41) is 3.35. The third-order valence-corrected chi connectivity index (χ3v) is 9.08. The van der Waals surface area contributed by atoms with E-state index in [2.05, 4.69) is 10.3 Å². The summed E-state index contributed by atoms with van der Waals surface area (Å²) in [4.78, 5) is 18.4. The number of anilines is 1. The number of aromatic nitrogens is 1. The highest BCUT2D eigenvalue weighted by Gasteiger charge is 2.30. The number of hydrogen-bond donors (Lipinski definition) is 1. The monoisotopic (exact) mass is 461 g/mol. The second kappa shape index (κ2) is 8.66. The molecule has 9 heteroatoms. The topological polar surface area (TPSA) is 79.4 Å². The number of nitrogens with zero attached hydrogens (tertiary/aromatic N) is 2. The van der Waals surface area contributed by atoms with Gasteiger partial charge >= 0.3 is 0 Å². The molecule has 30 heavy (non-hydrogen) atoms. The maximum absolute atomic E-state index is 12.9. The zero-order chi connectivity index (χ0) is 21.3. The molecule has 0 saturated heterocycles. The molecule has 2 aromatic carbocycles. The average Bonchev–Trinajstić information content (AvgIpc) is 3.42. The number of thioether (sulfide) groups is 1. The first-order valence-corrected chi connectivity index (χ1v) is 13.2. The molecule has 1 amide bonds. The smallest absolute Gasteiger partial charge is 0.257 e. The first kappa shape index (κ1) is 21.3. The fourth-order valence-electron chi connectivity index (χ4n) is 3.72. The van der Waals surface area contributed by atoms with E-state index < -0.39 is 10.0 Å². The fraction of sp³-hybridized carbons (Fsp3) is 0.333. The van der Waals surface area contributed by atoms with Crippen molar-refractivity contribution in [1.82, 2.24) is 9.29 Å². The third kappa shape index (κ3) is 4.12. The Kier molecular flexibility index (Phi) is 6.15. The molecule has 0 atom stereocenters. The van der Waals surface area contributed by atoms with Crippen molar-refractivity contribution in [3.05, 3.63) is 48.0 Å². The molecule has 6 nitrogen and oxygen atoms in total. The molecule has 0 radical (unpaired) electrons. The maximum atomic E-state index is 12.9. The Morgan fingerprint density at radius 2 is 1.87 bits per heavy atom. The van der Waals surface area contributed by atoms with Crippen molar-refractivity contribution in [2.75, 3.05) is 18.6 Å². The van der Waals surface area contributed by atoms with Crippen LogP contribution in [0.3, 0.4) is 0 Å². The predicted octanol–water partition coefficient (Wildman–Crippen LogP) is 4.83. The molecule has 1 saturated carbocycles. The third-order valence-electron chi connectivity index (χ3n) is 5.45. The summed E-state index contributed by atoms with van der Waals surface area (Å²) in [6.45, 7) is 0. The van der Waals surface area contributed by atoms with E-state index >= 15 is 0 Å². The number of carbonyl (C=O) groups excluding carboxylic acids is 1. The van der Waals surface area contributed by atoms with Crippen molar-refractivity contribution in [3.63, 3.8) is 0 Å². The summed E-state index contributed by atoms with van der Waals surface area (Å²) in [6, 6.07) is 12.1. The van der Waals surface area contributed by atoms with Gasteiger partial charge in [0.2, 0.25) is 10.0 Å². The molecular formula is C21H23N3O3S3. The van der Waals surface area contributed by atoms with Crippen LogP contribution in [0.4, 0.5) is 5.13 Å². The van der Waals surface area contributed by atoms with Gasteiger partial charge in [0.1, 0.15) is 0 Å². The molecule has 0 aliphatic heterocycles. The van der Waals surface area contributed by atoms with Gasteiger partial charge in [0.05, 0.1) is 15.1 Å². The normalized spacial score (nSPS) is 15.2. The Bertz CT molecular complexity index is 1170. The number of nitrogens with one attached hydrogen (secondary N) is 1. The number of rotatable bonds is 6. The Balaban J connectivity index is 1.50. The number of para-hydroxylation sites is 1. The zero-order valence-corrected chi connectivity index (χ0v) is 19.2. The zero-order valence-electron chi connectivity index (χ0n) is 16.8. The molecule has 1 aliphatic carbocycles. The van der Waals surface area contributed by atoms with Crippen LogP contribution in [0.2, 0.25) is 0 Å². The SMILES string of the molecule is CSc1cccc2sc(NC(=O)c3ccc(S(=O)(=O)N(C)C4CCCC4)cc3)nc12. The van der Waals surface area contributed by atoms with Gasteiger partial charge in [-0.3, -0.25) is 10.1 Å². The Morgan fingerprint density at radius 3 is 2.53 bits per heavy atom. The van der Waals surface area contributed by atoms with Crippen LogP contribution in [0.5, 0.6) is 0 Å². The lowest BCUT2D eigenvalue weighted by Crippen LogP contribution is -2.35. The Morgan fingerprint density at radius 1 is 1.17 bits per heavy atom. The molecule has 0 spiro atoms. The molecule has 1 aliphatic rings. The van der Waals surface area contributed by atoms with Crippen LogP contribution < -0.4 is 5.32 Å². The minimum atomic E-state index is -3.56. The molecule has 1 fully saturated rings. The summed E-state index contributed by atoms with van der Waals surface area (Å²) < 4.78 is 28.2. The fourth-order valence-corrected chi connectivity index (χ4v) is 6.65. The van der Waals surface area contributed by atoms with Gasteiger partial charge in [0, 0.05) is 23.5 Å². The first-order valence-electron chi connectivity index (χ1n) is 9.73. The van der Waals surface area contributed by atoms with Crippen LogP contribution in [-0.4, -0.2) is 43.0 Å². The first-order chi connectivity index (χ1) is 14.4. The number of benzene rings is 2. The molecular weight excluding hydrogens is 438 g/mol. The van der Waals surface area contributed by atoms with E-state index in [1.54, 1.807) is 30.9 Å². The summed E-state index contributed by atoms with van der Waals surface area (Å²) in [5.41, 5.74) is 1.27. The summed E-state index contributed by atoms with van der Waals surface area (Å²) >= 11 is 3.03. The standard InChI is InChI=1S/C21H23N3O3S3/c1-24(15-6-3-4-7-15)30(26,27)16-12-10-14(11-13-16)20(25)23-21-22-19-17(28-2)8-5-9-18(19)29-21/h5,8-13,15H,3-4,6-7H2,1-2H3,(H,22,23,25). The van der Waals surface area contributed by atoms with Crippen LogP contribution in [0.25, 0.3) is 10.2 Å². The van der Waals surface area contributed by atoms with Crippen molar-refractivity contribution in [1.29, 1.82) is 0 Å². The molecule has 1 aromatic heterocycles. The van der Waals surface area contributed by atoms with Crippen LogP contribution >= 0.6 is 23.1 Å². The molecule has 158 valence electrons. The Labute approximate surface area is 184 Å². The average molecular weight is 462 g/mol. The number of amides is 1. The van der Waals surface area contributed by atoms with Gasteiger partial charge in [-0.05, 0) is 55.5 Å². The quantitative estimate of drug-likeness (QED) is 0.532. The number of hydrogen-bond acceptors (Lipinski definition) is 6. The van der Waals surface area contributed by atoms with Crippen LogP contribution in [0.1, 0.15) is 36.0 Å². The number of carbonyl (C=O) groups is 1. The van der Waals surface area contributed by atoms with E-state index in [4.69, 9.17) is 0 Å². The van der Waals surface area contributed by atoms with Gasteiger partial charge in [0.15, 0.2) is 5.13 Å². The largest absolute Gasteiger partial charge is 0.298 e. The van der Waals surface area contributed by atoms with Gasteiger partial charge in [0.25, 0.3) is 5.91 Å². The number of sulfonamides is 1. The second-order valence-corrected chi connectivity index (χ2v) is 11.1. The van der Waals surface area contributed by atoms with E-state index in [0.717, 1.165) is 40.8 Å². The van der Waals surface area contributed by atoms with Gasteiger partial charge in [-0.15, -0.1) is 11.8 Å². The molecule has 1 N–H and O–H groups in total. The lowest BCUT2D eigenvalue weighted by atomic mass is 10.2. The van der Waals surface area contributed by atoms with Gasteiger partial charge in [-0.2, -0.15) is 4.31 Å². The van der Waals surface area contributed by atoms with Crippen molar-refractivity contribution in [3.8, 4) is 0 Å². The molecule has 0 unspecified atom stereocenters. The summed E-state index contributed by atoms with van der Waals surface area (Å²) in [7, 11) is -1.92. The highest BCUT2D eigenvalue weighted by Crippen LogP contribution is 2.32. The van der Waals surface area contributed by atoms with Crippen LogP contribution in [-0.2, 0) is 10.0 Å². The lowest BCUT2D eigenvalue weighted by Gasteiger charge is -2.23. The molecule has 0 bridgehead atoms. The summed E-state index contributed by atoms with van der Waals surface area (Å²) in [6.07, 6.45) is 5.92. The molecule has 1 heterocycles.